The largest absolute Gasteiger partial charge is 0.288 e. The smallest absolute Gasteiger partial charge is 0.270 e. The second-order valence-electron chi connectivity index (χ2n) is 4.20. The van der Waals surface area contributed by atoms with E-state index in [1.54, 1.807) is 25.2 Å². The number of hydrogen-bond acceptors (Lipinski definition) is 4. The number of tetrazole rings is 1. The normalized spacial score (nSPS) is 10.7. The summed E-state index contributed by atoms with van der Waals surface area (Å²) in [5, 5.41) is 16.1. The van der Waals surface area contributed by atoms with Crippen molar-refractivity contribution in [1.82, 2.24) is 20.2 Å². The molecule has 0 unspecified atom stereocenters. The number of nitrogens with one attached hydrogen (secondary N) is 1. The molecule has 20 heavy (non-hydrogen) atoms. The van der Waals surface area contributed by atoms with Gasteiger partial charge in [0.05, 0.1) is 7.05 Å². The summed E-state index contributed by atoms with van der Waals surface area (Å²) < 4.78 is 0. The predicted molar refractivity (Wildman–Crippen MR) is 75.7 cm³/mol. The van der Waals surface area contributed by atoms with E-state index >= 15 is 0 Å². The lowest BCUT2D eigenvalue weighted by Gasteiger charge is -2.06. The number of halogens is 1. The number of amides is 1. The fourth-order valence-electron chi connectivity index (χ4n) is 1.97. The number of fused-ring (bicyclic) bond motifs is 1. The molecule has 0 aliphatic rings. The van der Waals surface area contributed by atoms with Crippen molar-refractivity contribution in [1.29, 1.82) is 0 Å². The van der Waals surface area contributed by atoms with Gasteiger partial charge in [0.1, 0.15) is 0 Å². The van der Waals surface area contributed by atoms with Gasteiger partial charge in [0.2, 0.25) is 0 Å². The third-order valence-corrected chi connectivity index (χ3v) is 3.18. The fourth-order valence-corrected chi connectivity index (χ4v) is 2.21. The highest BCUT2D eigenvalue weighted by Crippen LogP contribution is 2.26. The van der Waals surface area contributed by atoms with E-state index in [1.165, 1.54) is 4.80 Å². The molecule has 3 aromatic rings. The summed E-state index contributed by atoms with van der Waals surface area (Å²) in [6.07, 6.45) is 0. The van der Waals surface area contributed by atoms with E-state index in [0.29, 0.717) is 10.6 Å². The molecule has 3 rings (SSSR count). The molecular formula is C13H10ClN5O. The van der Waals surface area contributed by atoms with E-state index in [1.807, 2.05) is 18.2 Å². The second kappa shape index (κ2) is 4.90. The van der Waals surface area contributed by atoms with Gasteiger partial charge in [-0.2, -0.15) is 4.80 Å². The molecule has 100 valence electrons. The van der Waals surface area contributed by atoms with Crippen LogP contribution < -0.4 is 5.32 Å². The van der Waals surface area contributed by atoms with Crippen LogP contribution in [0.2, 0.25) is 5.02 Å². The first-order valence-electron chi connectivity index (χ1n) is 5.88. The molecule has 0 atom stereocenters. The van der Waals surface area contributed by atoms with Crippen molar-refractivity contribution in [2.45, 2.75) is 0 Å². The Labute approximate surface area is 119 Å². The number of aryl methyl sites for hydroxylation is 1. The molecule has 1 heterocycles. The van der Waals surface area contributed by atoms with E-state index in [2.05, 4.69) is 20.7 Å². The van der Waals surface area contributed by atoms with Gasteiger partial charge in [-0.1, -0.05) is 41.0 Å². The van der Waals surface area contributed by atoms with Crippen LogP contribution in [0.15, 0.2) is 36.4 Å². The highest BCUT2D eigenvalue weighted by Gasteiger charge is 2.13. The van der Waals surface area contributed by atoms with Gasteiger partial charge in [-0.15, -0.1) is 5.10 Å². The molecule has 0 radical (unpaired) electrons. The number of carbonyl (C=O) groups is 1. The standard InChI is InChI=1S/C13H10ClN5O/c1-19-17-13(16-18-19)15-12(20)10-6-2-5-9-8(10)4-3-7-11(9)14/h2-7H,1H3,(H,15,17,20). The number of rotatable bonds is 2. The molecule has 0 aliphatic heterocycles. The Hall–Kier alpha value is -2.47. The van der Waals surface area contributed by atoms with Crippen molar-refractivity contribution in [2.75, 3.05) is 5.32 Å². The minimum absolute atomic E-state index is 0.163. The van der Waals surface area contributed by atoms with Crippen molar-refractivity contribution in [3.8, 4) is 0 Å². The van der Waals surface area contributed by atoms with Gasteiger partial charge in [-0.05, 0) is 22.7 Å². The Morgan fingerprint density at radius 1 is 1.20 bits per heavy atom. The molecule has 0 aliphatic carbocycles. The highest BCUT2D eigenvalue weighted by molar-refractivity contribution is 6.36. The summed E-state index contributed by atoms with van der Waals surface area (Å²) in [4.78, 5) is 13.6. The number of hydrogen-bond donors (Lipinski definition) is 1. The Bertz CT molecular complexity index is 798. The summed E-state index contributed by atoms with van der Waals surface area (Å²) in [6, 6.07) is 10.8. The average molecular weight is 288 g/mol. The number of aromatic nitrogens is 4. The van der Waals surface area contributed by atoms with Crippen LogP contribution in [-0.4, -0.2) is 26.1 Å². The molecule has 0 bridgehead atoms. The van der Waals surface area contributed by atoms with Crippen LogP contribution in [0.5, 0.6) is 0 Å². The molecule has 1 N–H and O–H groups in total. The Morgan fingerprint density at radius 3 is 2.70 bits per heavy atom. The maximum absolute atomic E-state index is 12.3. The third-order valence-electron chi connectivity index (χ3n) is 2.85. The minimum Gasteiger partial charge on any atom is -0.288 e. The highest BCUT2D eigenvalue weighted by atomic mass is 35.5. The monoisotopic (exact) mass is 287 g/mol. The van der Waals surface area contributed by atoms with E-state index in [-0.39, 0.29) is 11.9 Å². The van der Waals surface area contributed by atoms with Crippen molar-refractivity contribution in [3.05, 3.63) is 47.0 Å². The summed E-state index contributed by atoms with van der Waals surface area (Å²) in [7, 11) is 1.63. The van der Waals surface area contributed by atoms with Crippen molar-refractivity contribution >= 4 is 34.2 Å². The van der Waals surface area contributed by atoms with Gasteiger partial charge in [-0.25, -0.2) is 0 Å². The molecule has 0 saturated heterocycles. The molecule has 6 nitrogen and oxygen atoms in total. The second-order valence-corrected chi connectivity index (χ2v) is 4.60. The minimum atomic E-state index is -0.300. The molecule has 7 heteroatoms. The van der Waals surface area contributed by atoms with Crippen LogP contribution in [0.1, 0.15) is 10.4 Å². The predicted octanol–water partition coefficient (Wildman–Crippen LogP) is 2.27. The first kappa shape index (κ1) is 12.6. The van der Waals surface area contributed by atoms with Crippen LogP contribution in [0.25, 0.3) is 10.8 Å². The lowest BCUT2D eigenvalue weighted by molar-refractivity contribution is 0.102. The molecule has 1 aromatic heterocycles. The SMILES string of the molecule is Cn1nnc(NC(=O)c2cccc3c(Cl)cccc23)n1. The number of nitrogens with zero attached hydrogens (tertiary/aromatic N) is 4. The summed E-state index contributed by atoms with van der Waals surface area (Å²) in [5.41, 5.74) is 0.512. The van der Waals surface area contributed by atoms with Crippen LogP contribution >= 0.6 is 11.6 Å². The number of benzene rings is 2. The summed E-state index contributed by atoms with van der Waals surface area (Å²) >= 11 is 6.13. The average Bonchev–Trinajstić information content (AvgIpc) is 2.84. The maximum atomic E-state index is 12.3. The van der Waals surface area contributed by atoms with E-state index < -0.39 is 0 Å². The Balaban J connectivity index is 2.01. The zero-order chi connectivity index (χ0) is 14.1. The molecule has 0 spiro atoms. The van der Waals surface area contributed by atoms with E-state index in [0.717, 1.165) is 10.8 Å². The topological polar surface area (TPSA) is 72.7 Å². The van der Waals surface area contributed by atoms with E-state index in [9.17, 15) is 4.79 Å². The van der Waals surface area contributed by atoms with Crippen LogP contribution in [0, 0.1) is 0 Å². The lowest BCUT2D eigenvalue weighted by atomic mass is 10.0. The molecule has 0 fully saturated rings. The van der Waals surface area contributed by atoms with Crippen molar-refractivity contribution in [2.24, 2.45) is 7.05 Å². The lowest BCUT2D eigenvalue weighted by Crippen LogP contribution is -2.13. The van der Waals surface area contributed by atoms with Gasteiger partial charge >= 0.3 is 0 Å². The van der Waals surface area contributed by atoms with Gasteiger partial charge in [-0.3, -0.25) is 10.1 Å². The van der Waals surface area contributed by atoms with Crippen LogP contribution in [-0.2, 0) is 7.05 Å². The summed E-state index contributed by atoms with van der Waals surface area (Å²) in [6.45, 7) is 0. The Kier molecular flexibility index (Phi) is 3.08. The van der Waals surface area contributed by atoms with Crippen molar-refractivity contribution in [3.63, 3.8) is 0 Å². The third kappa shape index (κ3) is 2.21. The maximum Gasteiger partial charge on any atom is 0.270 e. The zero-order valence-electron chi connectivity index (χ0n) is 10.5. The molecule has 0 saturated carbocycles. The quantitative estimate of drug-likeness (QED) is 0.785. The first-order valence-corrected chi connectivity index (χ1v) is 6.25. The van der Waals surface area contributed by atoms with E-state index in [4.69, 9.17) is 11.6 Å². The molecule has 2 aromatic carbocycles. The number of carbonyl (C=O) groups excluding carboxylic acids is 1. The first-order chi connectivity index (χ1) is 9.65. The molecule has 1 amide bonds. The van der Waals surface area contributed by atoms with Crippen LogP contribution in [0.4, 0.5) is 5.95 Å². The Morgan fingerprint density at radius 2 is 1.95 bits per heavy atom. The van der Waals surface area contributed by atoms with Gasteiger partial charge in [0, 0.05) is 16.0 Å². The zero-order valence-corrected chi connectivity index (χ0v) is 11.3. The van der Waals surface area contributed by atoms with Gasteiger partial charge < -0.3 is 0 Å². The van der Waals surface area contributed by atoms with Gasteiger partial charge in [0.25, 0.3) is 11.9 Å². The van der Waals surface area contributed by atoms with Crippen LogP contribution in [0.3, 0.4) is 0 Å². The fraction of sp³-hybridized carbons (Fsp3) is 0.0769. The van der Waals surface area contributed by atoms with Gasteiger partial charge in [0.15, 0.2) is 0 Å². The van der Waals surface area contributed by atoms with Crippen molar-refractivity contribution < 1.29 is 4.79 Å². The summed E-state index contributed by atoms with van der Waals surface area (Å²) in [5.74, 6) is -0.137. The molecular weight excluding hydrogens is 278 g/mol. The number of anilines is 1.